The summed E-state index contributed by atoms with van der Waals surface area (Å²) in [6, 6.07) is 15.4. The molecular weight excluding hydrogens is 300 g/mol. The van der Waals surface area contributed by atoms with Gasteiger partial charge in [-0.25, -0.2) is 0 Å². The molecule has 0 aromatic heterocycles. The van der Waals surface area contributed by atoms with Gasteiger partial charge in [-0.3, -0.25) is 4.79 Å². The quantitative estimate of drug-likeness (QED) is 0.869. The van der Waals surface area contributed by atoms with E-state index in [-0.39, 0.29) is 5.91 Å². The van der Waals surface area contributed by atoms with Crippen molar-refractivity contribution in [3.63, 3.8) is 0 Å². The molecule has 1 heterocycles. The zero-order chi connectivity index (χ0) is 17.2. The first kappa shape index (κ1) is 16.4. The van der Waals surface area contributed by atoms with Gasteiger partial charge in [-0.2, -0.15) is 0 Å². The van der Waals surface area contributed by atoms with Gasteiger partial charge in [-0.15, -0.1) is 0 Å². The molecule has 0 bridgehead atoms. The number of benzene rings is 2. The maximum Gasteiger partial charge on any atom is 0.255 e. The van der Waals surface area contributed by atoms with Crippen LogP contribution in [0.4, 0.5) is 5.69 Å². The molecule has 1 amide bonds. The van der Waals surface area contributed by atoms with E-state index in [1.807, 2.05) is 55.5 Å². The highest BCUT2D eigenvalue weighted by molar-refractivity contribution is 6.02. The molecule has 0 spiro atoms. The largest absolute Gasteiger partial charge is 0.493 e. The summed E-state index contributed by atoms with van der Waals surface area (Å²) in [5.74, 6) is 1.31. The van der Waals surface area contributed by atoms with E-state index < -0.39 is 5.66 Å². The molecular formula is C20H24N2O2. The fraction of sp³-hybridized carbons (Fsp3) is 0.350. The molecule has 0 radical (unpaired) electrons. The van der Waals surface area contributed by atoms with E-state index in [1.54, 1.807) is 0 Å². The number of ether oxygens (including phenoxy) is 1. The molecule has 1 atom stereocenters. The van der Waals surface area contributed by atoms with Crippen LogP contribution in [0.25, 0.3) is 0 Å². The van der Waals surface area contributed by atoms with Crippen LogP contribution in [0.5, 0.6) is 5.75 Å². The van der Waals surface area contributed by atoms with E-state index in [0.717, 1.165) is 23.4 Å². The highest BCUT2D eigenvalue weighted by atomic mass is 16.5. The summed E-state index contributed by atoms with van der Waals surface area (Å²) in [5, 5.41) is 6.52. The van der Waals surface area contributed by atoms with Crippen LogP contribution in [0.2, 0.25) is 0 Å². The van der Waals surface area contributed by atoms with Crippen LogP contribution in [0.1, 0.15) is 43.1 Å². The molecule has 1 unspecified atom stereocenters. The summed E-state index contributed by atoms with van der Waals surface area (Å²) < 4.78 is 6.00. The van der Waals surface area contributed by atoms with Crippen LogP contribution >= 0.6 is 0 Å². The zero-order valence-electron chi connectivity index (χ0n) is 14.4. The zero-order valence-corrected chi connectivity index (χ0v) is 14.4. The number of para-hydroxylation sites is 2. The first-order valence-corrected chi connectivity index (χ1v) is 8.41. The average molecular weight is 324 g/mol. The summed E-state index contributed by atoms with van der Waals surface area (Å²) in [7, 11) is 0. The highest BCUT2D eigenvalue weighted by Crippen LogP contribution is 2.35. The Labute approximate surface area is 143 Å². The minimum Gasteiger partial charge on any atom is -0.493 e. The maximum absolute atomic E-state index is 12.5. The van der Waals surface area contributed by atoms with Crippen LogP contribution in [0.3, 0.4) is 0 Å². The van der Waals surface area contributed by atoms with Gasteiger partial charge in [0.1, 0.15) is 11.4 Å². The van der Waals surface area contributed by atoms with Gasteiger partial charge in [0.25, 0.3) is 5.91 Å². The highest BCUT2D eigenvalue weighted by Gasteiger charge is 2.36. The van der Waals surface area contributed by atoms with Crippen molar-refractivity contribution in [2.75, 3.05) is 11.9 Å². The molecule has 0 fully saturated rings. The standard InChI is InChI=1S/C20H24N2O2/c1-14(2)12-13-24-18-11-7-5-9-16(18)20(3)21-17-10-6-4-8-15(17)19(23)22-20/h4-11,14,21H,12-13H2,1-3H3,(H,22,23). The van der Waals surface area contributed by atoms with E-state index in [2.05, 4.69) is 24.5 Å². The molecule has 1 aliphatic rings. The molecule has 126 valence electrons. The Balaban J connectivity index is 1.90. The molecule has 0 aliphatic carbocycles. The van der Waals surface area contributed by atoms with Crippen molar-refractivity contribution < 1.29 is 9.53 Å². The Kier molecular flexibility index (Phi) is 4.47. The Morgan fingerprint density at radius 1 is 1.04 bits per heavy atom. The van der Waals surface area contributed by atoms with Gasteiger partial charge in [0, 0.05) is 11.3 Å². The van der Waals surface area contributed by atoms with Crippen molar-refractivity contribution in [2.24, 2.45) is 5.92 Å². The topological polar surface area (TPSA) is 50.4 Å². The predicted octanol–water partition coefficient (Wildman–Crippen LogP) is 4.14. The van der Waals surface area contributed by atoms with Crippen LogP contribution in [-0.4, -0.2) is 12.5 Å². The van der Waals surface area contributed by atoms with Gasteiger partial charge in [0.05, 0.1) is 12.2 Å². The fourth-order valence-corrected chi connectivity index (χ4v) is 2.93. The first-order chi connectivity index (χ1) is 11.5. The number of fused-ring (bicyclic) bond motifs is 1. The second-order valence-corrected chi connectivity index (χ2v) is 6.78. The summed E-state index contributed by atoms with van der Waals surface area (Å²) in [4.78, 5) is 12.5. The van der Waals surface area contributed by atoms with Crippen molar-refractivity contribution in [1.29, 1.82) is 0 Å². The van der Waals surface area contributed by atoms with Crippen LogP contribution in [0, 0.1) is 5.92 Å². The predicted molar refractivity (Wildman–Crippen MR) is 96.3 cm³/mol. The molecule has 2 aromatic carbocycles. The van der Waals surface area contributed by atoms with Crippen LogP contribution < -0.4 is 15.4 Å². The van der Waals surface area contributed by atoms with E-state index in [0.29, 0.717) is 18.1 Å². The molecule has 1 aliphatic heterocycles. The van der Waals surface area contributed by atoms with Gasteiger partial charge in [-0.1, -0.05) is 44.2 Å². The third kappa shape index (κ3) is 3.23. The molecule has 4 nitrogen and oxygen atoms in total. The molecule has 2 aromatic rings. The molecule has 4 heteroatoms. The number of anilines is 1. The number of amides is 1. The Bertz CT molecular complexity index is 742. The molecule has 2 N–H and O–H groups in total. The minimum atomic E-state index is -0.708. The molecule has 24 heavy (non-hydrogen) atoms. The number of rotatable bonds is 5. The van der Waals surface area contributed by atoms with Gasteiger partial charge < -0.3 is 15.4 Å². The van der Waals surface area contributed by atoms with E-state index in [1.165, 1.54) is 0 Å². The van der Waals surface area contributed by atoms with Crippen molar-refractivity contribution in [3.05, 3.63) is 59.7 Å². The third-order valence-corrected chi connectivity index (χ3v) is 4.30. The van der Waals surface area contributed by atoms with E-state index in [9.17, 15) is 4.79 Å². The Hall–Kier alpha value is -2.49. The average Bonchev–Trinajstić information content (AvgIpc) is 2.55. The Morgan fingerprint density at radius 2 is 1.75 bits per heavy atom. The summed E-state index contributed by atoms with van der Waals surface area (Å²) >= 11 is 0. The number of nitrogens with one attached hydrogen (secondary N) is 2. The number of carbonyl (C=O) groups is 1. The lowest BCUT2D eigenvalue weighted by Crippen LogP contribution is -2.53. The monoisotopic (exact) mass is 324 g/mol. The number of hydrogen-bond donors (Lipinski definition) is 2. The normalized spacial score (nSPS) is 19.4. The van der Waals surface area contributed by atoms with Crippen molar-refractivity contribution in [2.45, 2.75) is 32.9 Å². The van der Waals surface area contributed by atoms with Gasteiger partial charge in [0.15, 0.2) is 0 Å². The van der Waals surface area contributed by atoms with Gasteiger partial charge in [0.2, 0.25) is 0 Å². The lowest BCUT2D eigenvalue weighted by Gasteiger charge is -2.38. The van der Waals surface area contributed by atoms with Crippen LogP contribution in [-0.2, 0) is 5.66 Å². The second kappa shape index (κ2) is 6.56. The van der Waals surface area contributed by atoms with Crippen molar-refractivity contribution in [1.82, 2.24) is 5.32 Å². The lowest BCUT2D eigenvalue weighted by atomic mass is 9.95. The van der Waals surface area contributed by atoms with E-state index in [4.69, 9.17) is 4.74 Å². The van der Waals surface area contributed by atoms with Crippen molar-refractivity contribution in [3.8, 4) is 5.75 Å². The third-order valence-electron chi connectivity index (χ3n) is 4.30. The summed E-state index contributed by atoms with van der Waals surface area (Å²) in [5.41, 5.74) is 1.71. The molecule has 3 rings (SSSR count). The van der Waals surface area contributed by atoms with Crippen LogP contribution in [0.15, 0.2) is 48.5 Å². The SMILES string of the molecule is CC(C)CCOc1ccccc1C1(C)NC(=O)c2ccccc2N1. The smallest absolute Gasteiger partial charge is 0.255 e. The summed E-state index contributed by atoms with van der Waals surface area (Å²) in [6.07, 6.45) is 0.994. The summed E-state index contributed by atoms with van der Waals surface area (Å²) in [6.45, 7) is 6.98. The molecule has 0 saturated carbocycles. The fourth-order valence-electron chi connectivity index (χ4n) is 2.93. The number of carbonyl (C=O) groups excluding carboxylic acids is 1. The van der Waals surface area contributed by atoms with Gasteiger partial charge in [-0.05, 0) is 37.5 Å². The first-order valence-electron chi connectivity index (χ1n) is 8.41. The Morgan fingerprint density at radius 3 is 2.54 bits per heavy atom. The van der Waals surface area contributed by atoms with Gasteiger partial charge >= 0.3 is 0 Å². The number of hydrogen-bond acceptors (Lipinski definition) is 3. The van der Waals surface area contributed by atoms with Crippen molar-refractivity contribution >= 4 is 11.6 Å². The maximum atomic E-state index is 12.5. The van der Waals surface area contributed by atoms with E-state index >= 15 is 0 Å². The second-order valence-electron chi connectivity index (χ2n) is 6.78. The minimum absolute atomic E-state index is 0.0798. The lowest BCUT2D eigenvalue weighted by molar-refractivity contribution is 0.0905. The molecule has 0 saturated heterocycles.